The number of anilines is 1. The lowest BCUT2D eigenvalue weighted by Gasteiger charge is -2.46. The monoisotopic (exact) mass is 709 g/mol. The normalized spacial score (nSPS) is 18.4. The van der Waals surface area contributed by atoms with Crippen LogP contribution < -0.4 is 16.5 Å². The minimum atomic E-state index is -1.87. The van der Waals surface area contributed by atoms with Crippen LogP contribution in [0.25, 0.3) is 0 Å². The summed E-state index contributed by atoms with van der Waals surface area (Å²) >= 11 is 1.61. The minimum Gasteiger partial charge on any atom is -0.504 e. The summed E-state index contributed by atoms with van der Waals surface area (Å²) in [7, 11) is 0. The maximum Gasteiger partial charge on any atom is 0.350 e. The summed E-state index contributed by atoms with van der Waals surface area (Å²) in [6.45, 7) is 1.37. The maximum atomic E-state index is 13.3. The predicted molar refractivity (Wildman–Crippen MR) is 164 cm³/mol. The summed E-state index contributed by atoms with van der Waals surface area (Å²) in [5.41, 5.74) is 4.67. The molecule has 0 unspecified atom stereocenters. The van der Waals surface area contributed by atoms with E-state index in [1.807, 2.05) is 0 Å². The van der Waals surface area contributed by atoms with Gasteiger partial charge in [-0.3, -0.25) is 28.9 Å². The number of thiazole rings is 1. The molecule has 2 aliphatic rings. The molecule has 0 bridgehead atoms. The lowest BCUT2D eigenvalue weighted by atomic mass is 10.1. The number of phenols is 2. The number of aromatic nitrogens is 1. The number of carbonyl (C=O) groups excluding carboxylic acids is 4. The van der Waals surface area contributed by atoms with Crippen molar-refractivity contribution in [1.29, 1.82) is 0 Å². The highest BCUT2D eigenvalue weighted by Gasteiger charge is 2.52. The summed E-state index contributed by atoms with van der Waals surface area (Å²) in [6.07, 6.45) is 0. The van der Waals surface area contributed by atoms with Crippen LogP contribution in [0.5, 0.6) is 11.5 Å². The van der Waals surface area contributed by atoms with E-state index in [9.17, 15) is 54.4 Å². The molecule has 9 N–H and O–H groups in total. The third-order valence-corrected chi connectivity index (χ3v) is 8.61. The number of carbonyl (C=O) groups is 6. The summed E-state index contributed by atoms with van der Waals surface area (Å²) in [6, 6.07) is 0.932. The molecule has 0 aliphatic carbocycles. The molecule has 4 rings (SSSR count). The molecule has 2 aromatic rings. The lowest BCUT2D eigenvalue weighted by Crippen LogP contribution is -2.71. The molecule has 2 saturated heterocycles. The molecule has 2 atom stereocenters. The van der Waals surface area contributed by atoms with E-state index in [0.717, 1.165) is 37.7 Å². The van der Waals surface area contributed by atoms with Crippen LogP contribution >= 0.6 is 23.3 Å². The molecule has 0 saturated carbocycles. The fourth-order valence-corrected chi connectivity index (χ4v) is 5.81. The van der Waals surface area contributed by atoms with Crippen molar-refractivity contribution in [2.24, 2.45) is 10.3 Å². The van der Waals surface area contributed by atoms with Crippen molar-refractivity contribution >= 4 is 75.5 Å². The molecule has 5 amide bonds. The van der Waals surface area contributed by atoms with Crippen molar-refractivity contribution in [2.75, 3.05) is 25.4 Å². The largest absolute Gasteiger partial charge is 0.504 e. The third-order valence-electron chi connectivity index (χ3n) is 6.60. The Morgan fingerprint density at radius 1 is 1.12 bits per heavy atom. The van der Waals surface area contributed by atoms with E-state index < -0.39 is 82.2 Å². The second-order valence-corrected chi connectivity index (χ2v) is 12.4. The Hall–Kier alpha value is -5.84. The van der Waals surface area contributed by atoms with Gasteiger partial charge in [-0.25, -0.2) is 19.6 Å². The van der Waals surface area contributed by atoms with E-state index in [1.165, 1.54) is 25.3 Å². The third kappa shape index (κ3) is 7.41. The molecule has 0 spiro atoms. The number of nitrogens with one attached hydrogen (secondary N) is 2. The zero-order chi connectivity index (χ0) is 35.5. The number of hydrogen-bond acceptors (Lipinski definition) is 16. The molecule has 48 heavy (non-hydrogen) atoms. The number of nitrogens with two attached hydrogens (primary N) is 1. The maximum absolute atomic E-state index is 13.3. The van der Waals surface area contributed by atoms with Gasteiger partial charge in [-0.15, -0.1) is 11.3 Å². The Morgan fingerprint density at radius 3 is 2.42 bits per heavy atom. The number of likely N-dealkylation sites (tertiary alicyclic amines) is 1. The van der Waals surface area contributed by atoms with Crippen LogP contribution in [0.2, 0.25) is 0 Å². The van der Waals surface area contributed by atoms with Crippen LogP contribution in [0, 0.1) is 0 Å². The van der Waals surface area contributed by atoms with Crippen molar-refractivity contribution in [1.82, 2.24) is 29.9 Å². The SMILES string of the molecule is CC(C)(O/N=C(\C(=O)N[C@@H]1C(=O)N(CC(=O)O)[C@@H]1SN1CCN(NC(=O)/C(=N\O)c2ccc(O)c(O)c2)C1=O)c1csc(N)n1)C(=O)O. The standard InChI is InChI=1S/C25H27N9O12S2/c1-25(2,22(42)43)46-31-16(11-9-47-23(26)27-11)18(39)28-17-20(41)32(8-14(37)38)21(17)48-34-6-5-33(24(34)44)29-19(40)15(30-45)10-3-4-12(35)13(36)7-10/h3-4,7,9,17,21,35-36,45H,5-6,8H2,1-2H3,(H2,26,27)(H,28,39)(H,29,40)(H,37,38)(H,42,43)/b30-15-,31-16-/t17-,21-/m1/s1. The molecule has 256 valence electrons. The van der Waals surface area contributed by atoms with Crippen molar-refractivity contribution in [3.05, 3.63) is 34.8 Å². The van der Waals surface area contributed by atoms with E-state index in [4.69, 9.17) is 10.6 Å². The smallest absolute Gasteiger partial charge is 0.350 e. The van der Waals surface area contributed by atoms with E-state index in [1.54, 1.807) is 0 Å². The van der Waals surface area contributed by atoms with Gasteiger partial charge < -0.3 is 46.4 Å². The number of carboxylic acid groups (broad SMARTS) is 2. The Balaban J connectivity index is 1.49. The van der Waals surface area contributed by atoms with Gasteiger partial charge in [-0.05, 0) is 44.0 Å². The molecular formula is C25H27N9O12S2. The number of nitrogen functional groups attached to an aromatic ring is 1. The van der Waals surface area contributed by atoms with Crippen LogP contribution in [-0.4, -0.2) is 129 Å². The van der Waals surface area contributed by atoms with Crippen molar-refractivity contribution in [3.63, 3.8) is 0 Å². The molecule has 21 nitrogen and oxygen atoms in total. The van der Waals surface area contributed by atoms with Gasteiger partial charge in [0.2, 0.25) is 11.5 Å². The average Bonchev–Trinajstić information content (AvgIpc) is 3.60. The number of hydrazine groups is 1. The molecular weight excluding hydrogens is 682 g/mol. The summed E-state index contributed by atoms with van der Waals surface area (Å²) < 4.78 is 1.09. The molecule has 1 aromatic carbocycles. The quantitative estimate of drug-likeness (QED) is 0.0301. The second kappa shape index (κ2) is 13.9. The van der Waals surface area contributed by atoms with Gasteiger partial charge in [0, 0.05) is 10.9 Å². The number of carboxylic acids is 2. The first-order valence-electron chi connectivity index (χ1n) is 13.4. The molecule has 2 aliphatic heterocycles. The Bertz CT molecular complexity index is 1730. The van der Waals surface area contributed by atoms with Gasteiger partial charge in [0.05, 0.1) is 13.1 Å². The number of aromatic hydroxyl groups is 2. The van der Waals surface area contributed by atoms with Crippen molar-refractivity contribution in [3.8, 4) is 11.5 Å². The summed E-state index contributed by atoms with van der Waals surface area (Å²) in [4.78, 5) is 85.1. The predicted octanol–water partition coefficient (Wildman–Crippen LogP) is -1.25. The van der Waals surface area contributed by atoms with E-state index in [2.05, 4.69) is 26.0 Å². The molecule has 0 radical (unpaired) electrons. The van der Waals surface area contributed by atoms with Crippen LogP contribution in [0.3, 0.4) is 0 Å². The number of β-lactam (4-membered cyclic amide) rings is 1. The Labute approximate surface area is 277 Å². The number of rotatable bonds is 13. The number of urea groups is 1. The number of benzene rings is 1. The molecule has 3 heterocycles. The van der Waals surface area contributed by atoms with E-state index in [0.29, 0.717) is 11.9 Å². The zero-order valence-corrected chi connectivity index (χ0v) is 26.4. The number of nitrogens with zero attached hydrogens (tertiary/aromatic N) is 6. The fourth-order valence-electron chi connectivity index (χ4n) is 4.03. The van der Waals surface area contributed by atoms with E-state index in [-0.39, 0.29) is 29.5 Å². The average molecular weight is 710 g/mol. The summed E-state index contributed by atoms with van der Waals surface area (Å²) in [5, 5.41) is 57.3. The molecule has 1 aromatic heterocycles. The van der Waals surface area contributed by atoms with Crippen LogP contribution in [0.15, 0.2) is 33.9 Å². The number of phenolic OH excluding ortho intramolecular Hbond substituents is 2. The first-order chi connectivity index (χ1) is 22.5. The number of hydrogen-bond donors (Lipinski definition) is 8. The first-order valence-corrected chi connectivity index (χ1v) is 15.1. The highest BCUT2D eigenvalue weighted by atomic mass is 32.2. The van der Waals surface area contributed by atoms with Crippen molar-refractivity contribution in [2.45, 2.75) is 30.9 Å². The number of oxime groups is 2. The van der Waals surface area contributed by atoms with E-state index >= 15 is 0 Å². The fraction of sp³-hybridized carbons (Fsp3) is 0.320. The van der Waals surface area contributed by atoms with Gasteiger partial charge in [-0.2, -0.15) is 0 Å². The first kappa shape index (κ1) is 35.0. The van der Waals surface area contributed by atoms with Crippen molar-refractivity contribution < 1.29 is 59.2 Å². The number of amides is 5. The zero-order valence-electron chi connectivity index (χ0n) is 24.8. The van der Waals surface area contributed by atoms with Crippen LogP contribution in [-0.2, 0) is 28.8 Å². The topological polar surface area (TPSA) is 310 Å². The number of aliphatic carboxylic acids is 2. The second-order valence-electron chi connectivity index (χ2n) is 10.4. The highest BCUT2D eigenvalue weighted by molar-refractivity contribution is 7.98. The van der Waals surface area contributed by atoms with Gasteiger partial charge in [0.15, 0.2) is 28.1 Å². The van der Waals surface area contributed by atoms with Gasteiger partial charge >= 0.3 is 18.0 Å². The van der Waals surface area contributed by atoms with Gasteiger partial charge in [0.25, 0.3) is 11.8 Å². The molecule has 2 fully saturated rings. The van der Waals surface area contributed by atoms with Crippen LogP contribution in [0.4, 0.5) is 9.93 Å². The lowest BCUT2D eigenvalue weighted by molar-refractivity contribution is -0.161. The Kier molecular flexibility index (Phi) is 10.1. The highest BCUT2D eigenvalue weighted by Crippen LogP contribution is 2.34. The summed E-state index contributed by atoms with van der Waals surface area (Å²) in [5.74, 6) is -6.84. The Morgan fingerprint density at radius 2 is 1.83 bits per heavy atom. The van der Waals surface area contributed by atoms with Crippen LogP contribution in [0.1, 0.15) is 25.1 Å². The van der Waals surface area contributed by atoms with Gasteiger partial charge in [0.1, 0.15) is 23.7 Å². The molecule has 23 heteroatoms. The van der Waals surface area contributed by atoms with Gasteiger partial charge in [-0.1, -0.05) is 10.3 Å². The minimum absolute atomic E-state index is 0.0339.